The van der Waals surface area contributed by atoms with Crippen LogP contribution in [0, 0.1) is 0 Å². The Kier molecular flexibility index (Phi) is 0.655. The summed E-state index contributed by atoms with van der Waals surface area (Å²) < 4.78 is 50.6. The first-order valence-corrected chi connectivity index (χ1v) is 2.88. The molecule has 0 radical (unpaired) electrons. The average molecular weight is 194 g/mol. The summed E-state index contributed by atoms with van der Waals surface area (Å²) in [6.45, 7) is -2.96. The van der Waals surface area contributed by atoms with Crippen LogP contribution < -0.4 is 0 Å². The smallest absolute Gasteiger partial charge is 0.196 e. The van der Waals surface area contributed by atoms with E-state index in [1.165, 1.54) is 0 Å². The highest BCUT2D eigenvalue weighted by molar-refractivity contribution is 9.10. The van der Waals surface area contributed by atoms with E-state index in [4.69, 9.17) is 9.60 Å². The normalized spacial score (nSPS) is 23.9. The molecule has 1 aromatic heterocycles. The Hall–Kier alpha value is -0.440. The molecule has 1 heterocycles. The van der Waals surface area contributed by atoms with Gasteiger partial charge in [0.05, 0.1) is 2.74 Å². The lowest BCUT2D eigenvalue weighted by molar-refractivity contribution is 0.973. The van der Waals surface area contributed by atoms with Crippen molar-refractivity contribution in [2.75, 3.05) is 0 Å². The van der Waals surface area contributed by atoms with Crippen LogP contribution in [0.4, 0.5) is 0 Å². The molecule has 0 amide bonds. The molecule has 0 atom stereocenters. The quantitative estimate of drug-likeness (QED) is 0.637. The monoisotopic (exact) mass is 193 g/mol. The predicted molar refractivity (Wildman–Crippen MR) is 39.1 cm³/mol. The maximum Gasteiger partial charge on any atom is 0.196 e. The van der Waals surface area contributed by atoms with Gasteiger partial charge in [0, 0.05) is 18.7 Å². The van der Waals surface area contributed by atoms with Gasteiger partial charge in [0.1, 0.15) is 0 Å². The van der Waals surface area contributed by atoms with Crippen LogP contribution in [0.1, 0.15) is 22.1 Å². The van der Waals surface area contributed by atoms with E-state index < -0.39 is 31.1 Å². The van der Waals surface area contributed by atoms with Crippen LogP contribution in [0.25, 0.3) is 0 Å². The van der Waals surface area contributed by atoms with E-state index in [-0.39, 0.29) is 4.73 Å². The molecule has 0 unspecified atom stereocenters. The van der Waals surface area contributed by atoms with Gasteiger partial charge in [-0.2, -0.15) is 0 Å². The SMILES string of the molecule is [2H]c1nc(Br)nc(C([2H])([2H])C([2H])([2H])[2H])c1[2H]. The molecule has 1 aromatic rings. The summed E-state index contributed by atoms with van der Waals surface area (Å²) in [5.74, 6) is 0. The molecule has 3 heteroatoms. The van der Waals surface area contributed by atoms with Crippen molar-refractivity contribution < 1.29 is 9.60 Å². The highest BCUT2D eigenvalue weighted by Crippen LogP contribution is 2.01. The lowest BCUT2D eigenvalue weighted by Gasteiger charge is -1.92. The third-order valence-electron chi connectivity index (χ3n) is 0.645. The molecule has 0 N–H and O–H groups in total. The highest BCUT2D eigenvalue weighted by Gasteiger charge is 1.90. The topological polar surface area (TPSA) is 25.8 Å². The van der Waals surface area contributed by atoms with Crippen LogP contribution in [0.15, 0.2) is 16.9 Å². The Bertz CT molecular complexity index is 416. The lowest BCUT2D eigenvalue weighted by Crippen LogP contribution is -1.87. The van der Waals surface area contributed by atoms with Crippen LogP contribution in [-0.2, 0) is 6.37 Å². The van der Waals surface area contributed by atoms with Crippen LogP contribution in [0.2, 0.25) is 0 Å². The first-order valence-electron chi connectivity index (χ1n) is 5.58. The van der Waals surface area contributed by atoms with Crippen LogP contribution in [0.3, 0.4) is 0 Å². The van der Waals surface area contributed by atoms with Gasteiger partial charge in [-0.15, -0.1) is 0 Å². The molecular weight excluding hydrogens is 180 g/mol. The molecule has 2 nitrogen and oxygen atoms in total. The number of hydrogen-bond donors (Lipinski definition) is 0. The molecule has 0 aliphatic heterocycles. The number of rotatable bonds is 1. The molecule has 0 aliphatic rings. The standard InChI is InChI=1S/C6H7BrN2/c1-2-5-3-4-8-6(7)9-5/h3-4H,2H2,1H3/i1D3,2D2,3D,4D. The van der Waals surface area contributed by atoms with Crippen molar-refractivity contribution in [1.82, 2.24) is 9.97 Å². The van der Waals surface area contributed by atoms with E-state index >= 15 is 0 Å². The third kappa shape index (κ3) is 1.75. The molecule has 0 aromatic carbocycles. The summed E-state index contributed by atoms with van der Waals surface area (Å²) >= 11 is 2.83. The van der Waals surface area contributed by atoms with Crippen LogP contribution in [0.5, 0.6) is 0 Å². The average Bonchev–Trinajstić information content (AvgIpc) is 2.09. The van der Waals surface area contributed by atoms with Gasteiger partial charge in [-0.3, -0.25) is 0 Å². The molecule has 0 saturated carbocycles. The van der Waals surface area contributed by atoms with Crippen molar-refractivity contribution in [3.8, 4) is 0 Å². The van der Waals surface area contributed by atoms with Gasteiger partial charge < -0.3 is 0 Å². The second kappa shape index (κ2) is 2.92. The van der Waals surface area contributed by atoms with Gasteiger partial charge >= 0.3 is 0 Å². The summed E-state index contributed by atoms with van der Waals surface area (Å²) in [4.78, 5) is 7.00. The zero-order valence-electron chi connectivity index (χ0n) is 11.3. The second-order valence-corrected chi connectivity index (χ2v) is 1.91. The molecule has 0 aliphatic carbocycles. The molecule has 9 heavy (non-hydrogen) atoms. The molecule has 0 spiro atoms. The Morgan fingerprint density at radius 1 is 2.11 bits per heavy atom. The van der Waals surface area contributed by atoms with E-state index in [0.717, 1.165) is 0 Å². The van der Waals surface area contributed by atoms with Gasteiger partial charge in [-0.25, -0.2) is 9.97 Å². The van der Waals surface area contributed by atoms with E-state index in [0.29, 0.717) is 0 Å². The van der Waals surface area contributed by atoms with Crippen LogP contribution >= 0.6 is 15.9 Å². The third-order valence-corrected chi connectivity index (χ3v) is 1.000. The molecule has 0 bridgehead atoms. The highest BCUT2D eigenvalue weighted by atomic mass is 79.9. The van der Waals surface area contributed by atoms with Gasteiger partial charge in [0.15, 0.2) is 4.73 Å². The molecule has 0 saturated heterocycles. The van der Waals surface area contributed by atoms with Crippen molar-refractivity contribution in [1.29, 1.82) is 0 Å². The molecule has 1 rings (SSSR count). The molecular formula is C6H7BrN2. The molecule has 48 valence electrons. The summed E-state index contributed by atoms with van der Waals surface area (Å²) in [5, 5.41) is 0. The first kappa shape index (κ1) is 2.02. The van der Waals surface area contributed by atoms with Gasteiger partial charge in [0.2, 0.25) is 0 Å². The Morgan fingerprint density at radius 3 is 3.78 bits per heavy atom. The Morgan fingerprint density at radius 2 is 3.00 bits per heavy atom. The summed E-state index contributed by atoms with van der Waals surface area (Å²) in [6, 6.07) is -0.621. The maximum absolute atomic E-state index is 7.44. The van der Waals surface area contributed by atoms with Crippen LogP contribution in [-0.4, -0.2) is 9.97 Å². The van der Waals surface area contributed by atoms with E-state index in [2.05, 4.69) is 25.9 Å². The summed E-state index contributed by atoms with van der Waals surface area (Å²) in [7, 11) is 0. The van der Waals surface area contributed by atoms with E-state index in [1.54, 1.807) is 0 Å². The van der Waals surface area contributed by atoms with Crippen molar-refractivity contribution in [2.45, 2.75) is 13.2 Å². The van der Waals surface area contributed by atoms with Crippen molar-refractivity contribution >= 4 is 15.9 Å². The maximum atomic E-state index is 7.44. The van der Waals surface area contributed by atoms with Gasteiger partial charge in [0.25, 0.3) is 0 Å². The Labute approximate surface area is 72.3 Å². The number of nitrogens with zero attached hydrogens (tertiary/aromatic N) is 2. The van der Waals surface area contributed by atoms with Crippen molar-refractivity contribution in [3.05, 3.63) is 22.6 Å². The fourth-order valence-corrected chi connectivity index (χ4v) is 0.597. The Balaban J connectivity index is 3.44. The largest absolute Gasteiger partial charge is 0.231 e. The van der Waals surface area contributed by atoms with Crippen molar-refractivity contribution in [3.63, 3.8) is 0 Å². The summed E-state index contributed by atoms with van der Waals surface area (Å²) in [5.41, 5.74) is -0.612. The minimum atomic E-state index is -2.96. The lowest BCUT2D eigenvalue weighted by atomic mass is 10.3. The van der Waals surface area contributed by atoms with Crippen molar-refractivity contribution in [2.24, 2.45) is 0 Å². The van der Waals surface area contributed by atoms with E-state index in [9.17, 15) is 0 Å². The minimum absolute atomic E-state index is 0.114. The number of hydrogen-bond acceptors (Lipinski definition) is 2. The van der Waals surface area contributed by atoms with Gasteiger partial charge in [-0.05, 0) is 28.3 Å². The second-order valence-electron chi connectivity index (χ2n) is 1.20. The molecule has 0 fully saturated rings. The minimum Gasteiger partial charge on any atom is -0.231 e. The summed E-state index contributed by atoms with van der Waals surface area (Å²) in [6.07, 6.45) is -3.31. The predicted octanol–water partition coefficient (Wildman–Crippen LogP) is 1.80. The fourth-order valence-electron chi connectivity index (χ4n) is 0.331. The van der Waals surface area contributed by atoms with Gasteiger partial charge in [-0.1, -0.05) is 6.85 Å². The number of halogens is 1. The zero-order valence-corrected chi connectivity index (χ0v) is 5.86. The first-order chi connectivity index (χ1) is 7.07. The van der Waals surface area contributed by atoms with E-state index in [1.807, 2.05) is 0 Å². The zero-order chi connectivity index (χ0) is 12.7. The number of aromatic nitrogens is 2. The number of aryl methyl sites for hydroxylation is 1. The fraction of sp³-hybridized carbons (Fsp3) is 0.333.